The Morgan fingerprint density at radius 1 is 1.00 bits per heavy atom. The van der Waals surface area contributed by atoms with E-state index >= 15 is 0 Å². The number of benzene rings is 2. The minimum absolute atomic E-state index is 0.0561. The maximum Gasteiger partial charge on any atom is 0.414 e. The van der Waals surface area contributed by atoms with Crippen LogP contribution >= 0.6 is 0 Å². The summed E-state index contributed by atoms with van der Waals surface area (Å²) in [6, 6.07) is 11.7. The summed E-state index contributed by atoms with van der Waals surface area (Å²) < 4.78 is 10.6. The highest BCUT2D eigenvalue weighted by Crippen LogP contribution is 2.32. The fourth-order valence-electron chi connectivity index (χ4n) is 2.45. The first-order valence-corrected chi connectivity index (χ1v) is 8.69. The van der Waals surface area contributed by atoms with Crippen LogP contribution in [0.4, 0.5) is 5.69 Å². The van der Waals surface area contributed by atoms with Crippen molar-refractivity contribution in [1.29, 1.82) is 0 Å². The van der Waals surface area contributed by atoms with Crippen LogP contribution in [0.5, 0.6) is 11.5 Å². The number of carbonyl (C=O) groups is 3. The van der Waals surface area contributed by atoms with E-state index in [1.165, 1.54) is 0 Å². The van der Waals surface area contributed by atoms with Crippen molar-refractivity contribution < 1.29 is 34.1 Å². The summed E-state index contributed by atoms with van der Waals surface area (Å²) in [5.74, 6) is -2.19. The fourth-order valence-corrected chi connectivity index (χ4v) is 2.45. The van der Waals surface area contributed by atoms with Crippen molar-refractivity contribution in [3.8, 4) is 11.5 Å². The molecule has 2 aromatic rings. The van der Waals surface area contributed by atoms with E-state index in [4.69, 9.17) is 29.3 Å². The Hall–Kier alpha value is -3.59. The molecule has 2 aromatic carbocycles. The van der Waals surface area contributed by atoms with Crippen molar-refractivity contribution in [1.82, 2.24) is 5.32 Å². The molecule has 9 nitrogen and oxygen atoms in total. The lowest BCUT2D eigenvalue weighted by Crippen LogP contribution is -2.28. The zero-order valence-electron chi connectivity index (χ0n) is 16.0. The Labute approximate surface area is 167 Å². The summed E-state index contributed by atoms with van der Waals surface area (Å²) >= 11 is 0. The molecule has 0 fully saturated rings. The average Bonchev–Trinajstić information content (AvgIpc) is 3.14. The van der Waals surface area contributed by atoms with Crippen LogP contribution in [0.15, 0.2) is 36.4 Å². The molecule has 0 atom stereocenters. The van der Waals surface area contributed by atoms with E-state index in [0.717, 1.165) is 33.9 Å². The quantitative estimate of drug-likeness (QED) is 0.557. The van der Waals surface area contributed by atoms with E-state index in [0.29, 0.717) is 6.54 Å². The second-order valence-electron chi connectivity index (χ2n) is 6.20. The minimum atomic E-state index is -1.82. The standard InChI is InChI=1S/C18H20N2O3.C2H2O4/c1-12-4-3-5-15(13(12)2)20-18(21)10-19-9-14-6-7-16-17(8-14)23-11-22-16;3-1(4)2(5)6/h3-8,19H,9-11H2,1-2H3,(H,20,21);(H,3,4)(H,5,6). The highest BCUT2D eigenvalue weighted by molar-refractivity contribution is 6.27. The van der Waals surface area contributed by atoms with Crippen LogP contribution in [-0.2, 0) is 20.9 Å². The molecular formula is C20H22N2O7. The average molecular weight is 402 g/mol. The summed E-state index contributed by atoms with van der Waals surface area (Å²) in [4.78, 5) is 30.2. The number of carbonyl (C=O) groups excluding carboxylic acids is 1. The van der Waals surface area contributed by atoms with Crippen molar-refractivity contribution in [3.05, 3.63) is 53.1 Å². The summed E-state index contributed by atoms with van der Waals surface area (Å²) in [5.41, 5.74) is 4.17. The van der Waals surface area contributed by atoms with Gasteiger partial charge in [0.05, 0.1) is 6.54 Å². The number of hydrogen-bond acceptors (Lipinski definition) is 6. The molecule has 0 saturated carbocycles. The summed E-state index contributed by atoms with van der Waals surface area (Å²) in [6.07, 6.45) is 0. The SMILES string of the molecule is Cc1cccc(NC(=O)CNCc2ccc3c(c2)OCO3)c1C.O=C(O)C(=O)O. The molecule has 0 aromatic heterocycles. The monoisotopic (exact) mass is 402 g/mol. The van der Waals surface area contributed by atoms with E-state index in [-0.39, 0.29) is 19.2 Å². The van der Waals surface area contributed by atoms with Crippen molar-refractivity contribution in [2.45, 2.75) is 20.4 Å². The number of carboxylic acid groups (broad SMARTS) is 2. The first kappa shape index (κ1) is 21.7. The second kappa shape index (κ2) is 10.1. The minimum Gasteiger partial charge on any atom is -0.473 e. The molecule has 0 spiro atoms. The van der Waals surface area contributed by atoms with Gasteiger partial charge in [0.2, 0.25) is 12.7 Å². The Bertz CT molecular complexity index is 900. The molecule has 154 valence electrons. The number of anilines is 1. The Morgan fingerprint density at radius 3 is 2.38 bits per heavy atom. The molecule has 0 saturated heterocycles. The first-order valence-electron chi connectivity index (χ1n) is 8.69. The molecule has 0 unspecified atom stereocenters. The zero-order valence-corrected chi connectivity index (χ0v) is 16.0. The smallest absolute Gasteiger partial charge is 0.414 e. The Kier molecular flexibility index (Phi) is 7.55. The van der Waals surface area contributed by atoms with Crippen molar-refractivity contribution in [2.75, 3.05) is 18.7 Å². The van der Waals surface area contributed by atoms with Crippen LogP contribution in [0.2, 0.25) is 0 Å². The predicted molar refractivity (Wildman–Crippen MR) is 104 cm³/mol. The second-order valence-corrected chi connectivity index (χ2v) is 6.20. The highest BCUT2D eigenvalue weighted by atomic mass is 16.7. The van der Waals surface area contributed by atoms with Gasteiger partial charge >= 0.3 is 11.9 Å². The van der Waals surface area contributed by atoms with Gasteiger partial charge < -0.3 is 30.3 Å². The van der Waals surface area contributed by atoms with Gasteiger partial charge in [-0.15, -0.1) is 0 Å². The predicted octanol–water partition coefficient (Wildman–Crippen LogP) is 1.92. The molecule has 4 N–H and O–H groups in total. The topological polar surface area (TPSA) is 134 Å². The molecule has 0 aliphatic carbocycles. The van der Waals surface area contributed by atoms with Crippen LogP contribution in [-0.4, -0.2) is 41.4 Å². The molecular weight excluding hydrogens is 380 g/mol. The number of fused-ring (bicyclic) bond motifs is 1. The summed E-state index contributed by atoms with van der Waals surface area (Å²) in [6.45, 7) is 5.15. The van der Waals surface area contributed by atoms with Crippen LogP contribution in [0, 0.1) is 13.8 Å². The fraction of sp³-hybridized carbons (Fsp3) is 0.250. The maximum atomic E-state index is 12.0. The number of carboxylic acids is 2. The van der Waals surface area contributed by atoms with Gasteiger partial charge in [0.25, 0.3) is 0 Å². The van der Waals surface area contributed by atoms with Gasteiger partial charge in [0, 0.05) is 12.2 Å². The molecule has 29 heavy (non-hydrogen) atoms. The van der Waals surface area contributed by atoms with Gasteiger partial charge in [-0.1, -0.05) is 18.2 Å². The third kappa shape index (κ3) is 6.51. The van der Waals surface area contributed by atoms with E-state index < -0.39 is 11.9 Å². The van der Waals surface area contributed by atoms with Gasteiger partial charge in [-0.3, -0.25) is 4.79 Å². The van der Waals surface area contributed by atoms with Crippen molar-refractivity contribution >= 4 is 23.5 Å². The third-order valence-electron chi connectivity index (χ3n) is 4.11. The number of nitrogens with one attached hydrogen (secondary N) is 2. The zero-order chi connectivity index (χ0) is 21.4. The van der Waals surface area contributed by atoms with E-state index in [1.807, 2.05) is 50.2 Å². The molecule has 0 bridgehead atoms. The molecule has 1 heterocycles. The normalized spacial score (nSPS) is 11.2. The lowest BCUT2D eigenvalue weighted by molar-refractivity contribution is -0.159. The number of aliphatic carboxylic acids is 2. The van der Waals surface area contributed by atoms with E-state index in [2.05, 4.69) is 10.6 Å². The number of aryl methyl sites for hydroxylation is 1. The van der Waals surface area contributed by atoms with Gasteiger partial charge in [0.1, 0.15) is 0 Å². The lowest BCUT2D eigenvalue weighted by Gasteiger charge is -2.11. The highest BCUT2D eigenvalue weighted by Gasteiger charge is 2.13. The lowest BCUT2D eigenvalue weighted by atomic mass is 10.1. The summed E-state index contributed by atoms with van der Waals surface area (Å²) in [5, 5.41) is 20.9. The first-order chi connectivity index (χ1) is 13.8. The van der Waals surface area contributed by atoms with Gasteiger partial charge in [-0.2, -0.15) is 0 Å². The van der Waals surface area contributed by atoms with E-state index in [9.17, 15) is 4.79 Å². The van der Waals surface area contributed by atoms with Gasteiger partial charge in [0.15, 0.2) is 11.5 Å². The van der Waals surface area contributed by atoms with E-state index in [1.54, 1.807) is 0 Å². The van der Waals surface area contributed by atoms with Crippen LogP contribution in [0.3, 0.4) is 0 Å². The number of ether oxygens (including phenoxy) is 2. The van der Waals surface area contributed by atoms with Crippen LogP contribution in [0.1, 0.15) is 16.7 Å². The van der Waals surface area contributed by atoms with Crippen LogP contribution < -0.4 is 20.1 Å². The van der Waals surface area contributed by atoms with Crippen molar-refractivity contribution in [2.24, 2.45) is 0 Å². The number of amides is 1. The third-order valence-corrected chi connectivity index (χ3v) is 4.11. The Morgan fingerprint density at radius 2 is 1.69 bits per heavy atom. The van der Waals surface area contributed by atoms with Crippen molar-refractivity contribution in [3.63, 3.8) is 0 Å². The van der Waals surface area contributed by atoms with Gasteiger partial charge in [-0.05, 0) is 48.7 Å². The largest absolute Gasteiger partial charge is 0.473 e. The summed E-state index contributed by atoms with van der Waals surface area (Å²) in [7, 11) is 0. The molecule has 1 aliphatic heterocycles. The molecule has 1 aliphatic rings. The molecule has 0 radical (unpaired) electrons. The maximum absolute atomic E-state index is 12.0. The number of rotatable bonds is 5. The number of hydrogen-bond donors (Lipinski definition) is 4. The molecule has 3 rings (SSSR count). The van der Waals surface area contributed by atoms with Crippen LogP contribution in [0.25, 0.3) is 0 Å². The molecule has 1 amide bonds. The van der Waals surface area contributed by atoms with Gasteiger partial charge in [-0.25, -0.2) is 9.59 Å². The Balaban J connectivity index is 0.000000438. The molecule has 9 heteroatoms.